The number of hydrogen-bond donors (Lipinski definition) is 1. The van der Waals surface area contributed by atoms with E-state index in [1.54, 1.807) is 0 Å². The molecule has 2 aromatic rings. The van der Waals surface area contributed by atoms with Gasteiger partial charge in [0.1, 0.15) is 0 Å². The molecule has 0 saturated carbocycles. The average Bonchev–Trinajstić information content (AvgIpc) is 3.30. The summed E-state index contributed by atoms with van der Waals surface area (Å²) in [6, 6.07) is 17.8. The van der Waals surface area contributed by atoms with E-state index in [0.29, 0.717) is 5.56 Å². The van der Waals surface area contributed by atoms with Crippen molar-refractivity contribution in [2.24, 2.45) is 0 Å². The van der Waals surface area contributed by atoms with E-state index < -0.39 is 0 Å². The number of anilines is 1. The summed E-state index contributed by atoms with van der Waals surface area (Å²) in [6.45, 7) is 2.47. The molecule has 29 heavy (non-hydrogen) atoms. The van der Waals surface area contributed by atoms with Crippen molar-refractivity contribution in [2.45, 2.75) is 44.6 Å². The van der Waals surface area contributed by atoms with Crippen LogP contribution in [0.3, 0.4) is 0 Å². The van der Waals surface area contributed by atoms with Crippen molar-refractivity contribution in [2.75, 3.05) is 25.0 Å². The second kappa shape index (κ2) is 9.12. The summed E-state index contributed by atoms with van der Waals surface area (Å²) in [6.07, 6.45) is 6.29. The number of amides is 3. The third-order valence-electron chi connectivity index (χ3n) is 5.98. The molecule has 0 bridgehead atoms. The van der Waals surface area contributed by atoms with Gasteiger partial charge in [0.05, 0.1) is 0 Å². The zero-order valence-corrected chi connectivity index (χ0v) is 16.8. The molecule has 0 radical (unpaired) electrons. The van der Waals surface area contributed by atoms with E-state index in [-0.39, 0.29) is 18.0 Å². The molecule has 0 aromatic heterocycles. The summed E-state index contributed by atoms with van der Waals surface area (Å²) in [5.74, 6) is 0.0827. The minimum absolute atomic E-state index is 0.0516. The van der Waals surface area contributed by atoms with Crippen LogP contribution in [-0.2, 0) is 6.42 Å². The summed E-state index contributed by atoms with van der Waals surface area (Å²) in [4.78, 5) is 29.3. The van der Waals surface area contributed by atoms with Gasteiger partial charge in [-0.2, -0.15) is 0 Å². The Bertz CT molecular complexity index is 829. The predicted octanol–water partition coefficient (Wildman–Crippen LogP) is 4.55. The van der Waals surface area contributed by atoms with Crippen molar-refractivity contribution in [3.63, 3.8) is 0 Å². The van der Waals surface area contributed by atoms with Crippen LogP contribution in [0.4, 0.5) is 10.5 Å². The van der Waals surface area contributed by atoms with Crippen LogP contribution in [0.25, 0.3) is 0 Å². The van der Waals surface area contributed by atoms with Crippen molar-refractivity contribution < 1.29 is 9.59 Å². The molecule has 1 unspecified atom stereocenters. The summed E-state index contributed by atoms with van der Waals surface area (Å²) < 4.78 is 0. The maximum absolute atomic E-state index is 12.9. The number of piperidine rings is 1. The SMILES string of the molecule is O=C(c1ccc(NC(=O)N2CCCCC2Cc2ccccc2)cc1)N1CCCC1. The van der Waals surface area contributed by atoms with E-state index in [2.05, 4.69) is 17.4 Å². The van der Waals surface area contributed by atoms with Gasteiger partial charge < -0.3 is 15.1 Å². The summed E-state index contributed by atoms with van der Waals surface area (Å²) in [5, 5.41) is 3.03. The molecule has 3 amide bonds. The number of nitrogens with one attached hydrogen (secondary N) is 1. The Hall–Kier alpha value is -2.82. The van der Waals surface area contributed by atoms with E-state index in [9.17, 15) is 9.59 Å². The molecule has 152 valence electrons. The Balaban J connectivity index is 1.38. The monoisotopic (exact) mass is 391 g/mol. The number of likely N-dealkylation sites (tertiary alicyclic amines) is 2. The van der Waals surface area contributed by atoms with Crippen molar-refractivity contribution in [3.8, 4) is 0 Å². The van der Waals surface area contributed by atoms with Gasteiger partial charge in [-0.15, -0.1) is 0 Å². The lowest BCUT2D eigenvalue weighted by molar-refractivity contribution is 0.0793. The van der Waals surface area contributed by atoms with Crippen LogP contribution < -0.4 is 5.32 Å². The average molecular weight is 392 g/mol. The second-order valence-corrected chi connectivity index (χ2v) is 8.04. The Morgan fingerprint density at radius 3 is 2.28 bits per heavy atom. The fraction of sp³-hybridized carbons (Fsp3) is 0.417. The molecule has 2 heterocycles. The maximum Gasteiger partial charge on any atom is 0.322 e. The second-order valence-electron chi connectivity index (χ2n) is 8.04. The number of urea groups is 1. The number of benzene rings is 2. The van der Waals surface area contributed by atoms with E-state index in [0.717, 1.165) is 63.8 Å². The van der Waals surface area contributed by atoms with Crippen LogP contribution >= 0.6 is 0 Å². The largest absolute Gasteiger partial charge is 0.339 e. The van der Waals surface area contributed by atoms with Gasteiger partial charge in [-0.25, -0.2) is 4.79 Å². The van der Waals surface area contributed by atoms with Crippen molar-refractivity contribution >= 4 is 17.6 Å². The van der Waals surface area contributed by atoms with Gasteiger partial charge in [-0.1, -0.05) is 30.3 Å². The van der Waals surface area contributed by atoms with Crippen molar-refractivity contribution in [1.82, 2.24) is 9.80 Å². The third kappa shape index (κ3) is 4.78. The van der Waals surface area contributed by atoms with E-state index >= 15 is 0 Å². The Morgan fingerprint density at radius 1 is 0.862 bits per heavy atom. The Morgan fingerprint density at radius 2 is 1.55 bits per heavy atom. The van der Waals surface area contributed by atoms with E-state index in [1.165, 1.54) is 5.56 Å². The summed E-state index contributed by atoms with van der Waals surface area (Å²) in [5.41, 5.74) is 2.68. The van der Waals surface area contributed by atoms with Crippen molar-refractivity contribution in [3.05, 3.63) is 65.7 Å². The summed E-state index contributed by atoms with van der Waals surface area (Å²) >= 11 is 0. The third-order valence-corrected chi connectivity index (χ3v) is 5.98. The molecule has 2 aliphatic heterocycles. The zero-order valence-electron chi connectivity index (χ0n) is 16.8. The van der Waals surface area contributed by atoms with Gasteiger partial charge in [0.15, 0.2) is 0 Å². The molecule has 2 aliphatic rings. The number of nitrogens with zero attached hydrogens (tertiary/aromatic N) is 2. The highest BCUT2D eigenvalue weighted by Crippen LogP contribution is 2.22. The number of carbonyl (C=O) groups is 2. The Labute approximate surface area is 172 Å². The minimum Gasteiger partial charge on any atom is -0.339 e. The normalized spacial score (nSPS) is 19.2. The molecule has 2 aromatic carbocycles. The fourth-order valence-electron chi connectivity index (χ4n) is 4.36. The van der Waals surface area contributed by atoms with Gasteiger partial charge >= 0.3 is 6.03 Å². The lowest BCUT2D eigenvalue weighted by Gasteiger charge is -2.36. The van der Waals surface area contributed by atoms with Gasteiger partial charge in [0, 0.05) is 36.9 Å². The smallest absolute Gasteiger partial charge is 0.322 e. The van der Waals surface area contributed by atoms with Crippen LogP contribution in [0.2, 0.25) is 0 Å². The van der Waals surface area contributed by atoms with Gasteiger partial charge in [-0.05, 0) is 68.4 Å². The summed E-state index contributed by atoms with van der Waals surface area (Å²) in [7, 11) is 0. The quantitative estimate of drug-likeness (QED) is 0.831. The predicted molar refractivity (Wildman–Crippen MR) is 115 cm³/mol. The first-order chi connectivity index (χ1) is 14.2. The molecule has 0 aliphatic carbocycles. The highest BCUT2D eigenvalue weighted by Gasteiger charge is 2.27. The van der Waals surface area contributed by atoms with Crippen LogP contribution in [0.1, 0.15) is 48.0 Å². The van der Waals surface area contributed by atoms with Gasteiger partial charge in [0.25, 0.3) is 5.91 Å². The van der Waals surface area contributed by atoms with Crippen molar-refractivity contribution in [1.29, 1.82) is 0 Å². The molecule has 5 heteroatoms. The lowest BCUT2D eigenvalue weighted by atomic mass is 9.96. The fourth-order valence-corrected chi connectivity index (χ4v) is 4.36. The van der Waals surface area contributed by atoms with E-state index in [4.69, 9.17) is 0 Å². The molecule has 2 fully saturated rings. The van der Waals surface area contributed by atoms with Crippen LogP contribution in [0, 0.1) is 0 Å². The number of carbonyl (C=O) groups excluding carboxylic acids is 2. The molecule has 0 spiro atoms. The molecule has 1 atom stereocenters. The molecular weight excluding hydrogens is 362 g/mol. The van der Waals surface area contributed by atoms with E-state index in [1.807, 2.05) is 52.3 Å². The molecule has 1 N–H and O–H groups in total. The van der Waals surface area contributed by atoms with Gasteiger partial charge in [0.2, 0.25) is 0 Å². The molecule has 5 nitrogen and oxygen atoms in total. The standard InChI is InChI=1S/C24H29N3O2/c28-23(26-15-6-7-16-26)20-11-13-21(14-12-20)25-24(29)27-17-5-4-10-22(27)18-19-8-2-1-3-9-19/h1-3,8-9,11-14,22H,4-7,10,15-18H2,(H,25,29). The highest BCUT2D eigenvalue weighted by molar-refractivity contribution is 5.95. The zero-order chi connectivity index (χ0) is 20.1. The first-order valence-corrected chi connectivity index (χ1v) is 10.7. The molecule has 2 saturated heterocycles. The molecular formula is C24H29N3O2. The number of hydrogen-bond acceptors (Lipinski definition) is 2. The maximum atomic E-state index is 12.9. The first-order valence-electron chi connectivity index (χ1n) is 10.7. The van der Waals surface area contributed by atoms with Crippen LogP contribution in [0.15, 0.2) is 54.6 Å². The van der Waals surface area contributed by atoms with Crippen LogP contribution in [0.5, 0.6) is 0 Å². The lowest BCUT2D eigenvalue weighted by Crippen LogP contribution is -2.46. The number of rotatable bonds is 4. The minimum atomic E-state index is -0.0516. The first kappa shape index (κ1) is 19.5. The topological polar surface area (TPSA) is 52.7 Å². The van der Waals surface area contributed by atoms with Gasteiger partial charge in [-0.3, -0.25) is 4.79 Å². The Kier molecular flexibility index (Phi) is 6.13. The van der Waals surface area contributed by atoms with Crippen LogP contribution in [-0.4, -0.2) is 47.4 Å². The highest BCUT2D eigenvalue weighted by atomic mass is 16.2. The molecule has 4 rings (SSSR count).